The molecule has 1 N–H and O–H groups in total. The molecule has 2 aliphatic rings. The van der Waals surface area contributed by atoms with E-state index >= 15 is 0 Å². The summed E-state index contributed by atoms with van der Waals surface area (Å²) in [5, 5.41) is 3.79. The van der Waals surface area contributed by atoms with Crippen molar-refractivity contribution in [1.29, 1.82) is 0 Å². The Morgan fingerprint density at radius 3 is 2.47 bits per heavy atom. The molecule has 0 bridgehead atoms. The number of methoxy groups -OCH3 is 1. The van der Waals surface area contributed by atoms with Crippen molar-refractivity contribution in [2.24, 2.45) is 5.92 Å². The molecule has 0 radical (unpaired) electrons. The number of nitrogens with one attached hydrogen (secondary N) is 1. The van der Waals surface area contributed by atoms with E-state index in [2.05, 4.69) is 10.3 Å². The maximum absolute atomic E-state index is 13.4. The van der Waals surface area contributed by atoms with Gasteiger partial charge in [-0.3, -0.25) is 14.9 Å². The highest BCUT2D eigenvalue weighted by Gasteiger charge is 2.52. The lowest BCUT2D eigenvalue weighted by Crippen LogP contribution is -2.59. The van der Waals surface area contributed by atoms with Crippen LogP contribution in [0.15, 0.2) is 42.6 Å². The number of amides is 2. The molecule has 1 aromatic carbocycles. The number of carbonyl (C=O) groups excluding carboxylic acids is 3. The van der Waals surface area contributed by atoms with Gasteiger partial charge in [-0.1, -0.05) is 37.6 Å². The van der Waals surface area contributed by atoms with Gasteiger partial charge in [0.15, 0.2) is 0 Å². The molecule has 2 fully saturated rings. The average molecular weight is 485 g/mol. The molecule has 2 aliphatic heterocycles. The van der Waals surface area contributed by atoms with Gasteiger partial charge in [0.2, 0.25) is 5.91 Å². The number of ether oxygens (including phenoxy) is 1. The third-order valence-electron chi connectivity index (χ3n) is 6.72. The number of hydrogen-bond acceptors (Lipinski definition) is 6. The Labute approximate surface area is 204 Å². The van der Waals surface area contributed by atoms with Crippen molar-refractivity contribution in [3.63, 3.8) is 0 Å². The van der Waals surface area contributed by atoms with Crippen LogP contribution in [-0.2, 0) is 16.1 Å². The standard InChI is InChI=1S/C25H29ClN4O4/c1-16(2)20-23(32)30(15-17-6-8-18(9-7-17)24(33)34-3)25(28-20)10-13-29(14-11-25)22(31)19-5-4-12-27-21(19)26/h4-9,12,16,20,28H,10-11,13-15H2,1-3H3. The highest BCUT2D eigenvalue weighted by molar-refractivity contribution is 6.32. The summed E-state index contributed by atoms with van der Waals surface area (Å²) < 4.78 is 4.77. The second-order valence-electron chi connectivity index (χ2n) is 9.14. The number of nitrogens with zero attached hydrogens (tertiary/aromatic N) is 3. The summed E-state index contributed by atoms with van der Waals surface area (Å²) in [6, 6.07) is 10.2. The number of benzene rings is 1. The van der Waals surface area contributed by atoms with Gasteiger partial charge in [-0.05, 0) is 35.7 Å². The Hall–Kier alpha value is -2.97. The molecule has 34 heavy (non-hydrogen) atoms. The number of esters is 1. The van der Waals surface area contributed by atoms with Gasteiger partial charge >= 0.3 is 5.97 Å². The first-order valence-corrected chi connectivity index (χ1v) is 11.8. The summed E-state index contributed by atoms with van der Waals surface area (Å²) in [6.45, 7) is 5.46. The summed E-state index contributed by atoms with van der Waals surface area (Å²) in [4.78, 5) is 45.9. The van der Waals surface area contributed by atoms with Gasteiger partial charge in [0.1, 0.15) is 5.15 Å². The molecular formula is C25H29ClN4O4. The lowest BCUT2D eigenvalue weighted by atomic mass is 9.94. The fourth-order valence-corrected chi connectivity index (χ4v) is 4.95. The molecule has 1 atom stereocenters. The van der Waals surface area contributed by atoms with E-state index < -0.39 is 11.6 Å². The zero-order valence-corrected chi connectivity index (χ0v) is 20.3. The van der Waals surface area contributed by atoms with Crippen molar-refractivity contribution in [2.45, 2.75) is 44.9 Å². The predicted molar refractivity (Wildman–Crippen MR) is 127 cm³/mol. The van der Waals surface area contributed by atoms with Crippen LogP contribution in [0, 0.1) is 5.92 Å². The third-order valence-corrected chi connectivity index (χ3v) is 7.02. The number of likely N-dealkylation sites (tertiary alicyclic amines) is 1. The van der Waals surface area contributed by atoms with Crippen molar-refractivity contribution >= 4 is 29.4 Å². The van der Waals surface area contributed by atoms with Gasteiger partial charge in [0.05, 0.1) is 29.9 Å². The van der Waals surface area contributed by atoms with Gasteiger partial charge in [-0.15, -0.1) is 0 Å². The first-order valence-electron chi connectivity index (χ1n) is 11.4. The Morgan fingerprint density at radius 1 is 1.21 bits per heavy atom. The van der Waals surface area contributed by atoms with E-state index in [1.807, 2.05) is 30.9 Å². The van der Waals surface area contributed by atoms with E-state index in [-0.39, 0.29) is 28.9 Å². The molecule has 9 heteroatoms. The molecule has 180 valence electrons. The monoisotopic (exact) mass is 484 g/mol. The SMILES string of the molecule is COC(=O)c1ccc(CN2C(=O)C(C(C)C)NC23CCN(C(=O)c2cccnc2Cl)CC3)cc1. The minimum absolute atomic E-state index is 0.0575. The van der Waals surface area contributed by atoms with Gasteiger partial charge in [-0.25, -0.2) is 9.78 Å². The topological polar surface area (TPSA) is 91.8 Å². The predicted octanol–water partition coefficient (Wildman–Crippen LogP) is 3.11. The largest absolute Gasteiger partial charge is 0.465 e. The van der Waals surface area contributed by atoms with Gasteiger partial charge in [-0.2, -0.15) is 0 Å². The maximum Gasteiger partial charge on any atom is 0.337 e. The Kier molecular flexibility index (Phi) is 6.91. The zero-order chi connectivity index (χ0) is 24.5. The number of halogens is 1. The zero-order valence-electron chi connectivity index (χ0n) is 19.6. The first-order chi connectivity index (χ1) is 16.3. The van der Waals surface area contributed by atoms with Crippen molar-refractivity contribution in [3.05, 3.63) is 64.4 Å². The summed E-state index contributed by atoms with van der Waals surface area (Å²) in [5.41, 5.74) is 1.24. The molecule has 8 nitrogen and oxygen atoms in total. The van der Waals surface area contributed by atoms with E-state index in [1.165, 1.54) is 7.11 Å². The van der Waals surface area contributed by atoms with E-state index in [9.17, 15) is 14.4 Å². The van der Waals surface area contributed by atoms with Crippen LogP contribution in [-0.4, -0.2) is 64.5 Å². The van der Waals surface area contributed by atoms with Gasteiger partial charge < -0.3 is 14.5 Å². The number of piperidine rings is 1. The summed E-state index contributed by atoms with van der Waals surface area (Å²) in [7, 11) is 1.35. The van der Waals surface area contributed by atoms with Crippen LogP contribution in [0.5, 0.6) is 0 Å². The van der Waals surface area contributed by atoms with Crippen LogP contribution in [0.1, 0.15) is 53.0 Å². The maximum atomic E-state index is 13.4. The molecule has 1 unspecified atom stereocenters. The summed E-state index contributed by atoms with van der Waals surface area (Å²) in [6.07, 6.45) is 2.76. The Bertz CT molecular complexity index is 1080. The molecule has 2 amide bonds. The number of hydrogen-bond donors (Lipinski definition) is 1. The van der Waals surface area contributed by atoms with Crippen molar-refractivity contribution in [2.75, 3.05) is 20.2 Å². The molecule has 2 aromatic rings. The molecule has 1 aromatic heterocycles. The fraction of sp³-hybridized carbons (Fsp3) is 0.440. The average Bonchev–Trinajstić information content (AvgIpc) is 3.11. The molecular weight excluding hydrogens is 456 g/mol. The molecule has 3 heterocycles. The van der Waals surface area contributed by atoms with Crippen molar-refractivity contribution in [1.82, 2.24) is 20.1 Å². The highest BCUT2D eigenvalue weighted by atomic mass is 35.5. The Morgan fingerprint density at radius 2 is 1.88 bits per heavy atom. The van der Waals surface area contributed by atoms with Crippen LogP contribution < -0.4 is 5.32 Å². The summed E-state index contributed by atoms with van der Waals surface area (Å²) >= 11 is 6.13. The molecule has 4 rings (SSSR count). The van der Waals surface area contributed by atoms with E-state index in [1.54, 1.807) is 35.4 Å². The van der Waals surface area contributed by atoms with Crippen LogP contribution in [0.4, 0.5) is 0 Å². The van der Waals surface area contributed by atoms with Gasteiger partial charge in [0, 0.05) is 38.7 Å². The number of rotatable bonds is 5. The lowest BCUT2D eigenvalue weighted by Gasteiger charge is -2.44. The van der Waals surface area contributed by atoms with Crippen molar-refractivity contribution < 1.29 is 19.1 Å². The molecule has 2 saturated heterocycles. The minimum atomic E-state index is -0.539. The van der Waals surface area contributed by atoms with E-state index in [0.29, 0.717) is 43.6 Å². The normalized spacial score (nSPS) is 19.7. The van der Waals surface area contributed by atoms with E-state index in [0.717, 1.165) is 5.56 Å². The van der Waals surface area contributed by atoms with Crippen LogP contribution in [0.3, 0.4) is 0 Å². The third kappa shape index (κ3) is 4.52. The minimum Gasteiger partial charge on any atom is -0.465 e. The molecule has 1 spiro atoms. The smallest absolute Gasteiger partial charge is 0.337 e. The summed E-state index contributed by atoms with van der Waals surface area (Å²) in [5.74, 6) is -0.359. The second-order valence-corrected chi connectivity index (χ2v) is 9.50. The van der Waals surface area contributed by atoms with Crippen LogP contribution >= 0.6 is 11.6 Å². The molecule has 0 aliphatic carbocycles. The van der Waals surface area contributed by atoms with Crippen LogP contribution in [0.25, 0.3) is 0 Å². The number of aromatic nitrogens is 1. The van der Waals surface area contributed by atoms with Crippen LogP contribution in [0.2, 0.25) is 5.15 Å². The quantitative estimate of drug-likeness (QED) is 0.518. The van der Waals surface area contributed by atoms with E-state index in [4.69, 9.17) is 16.3 Å². The lowest BCUT2D eigenvalue weighted by molar-refractivity contribution is -0.134. The number of carbonyl (C=O) groups is 3. The van der Waals surface area contributed by atoms with Crippen molar-refractivity contribution in [3.8, 4) is 0 Å². The fourth-order valence-electron chi connectivity index (χ4n) is 4.75. The second kappa shape index (κ2) is 9.72. The highest BCUT2D eigenvalue weighted by Crippen LogP contribution is 2.36. The number of pyridine rings is 1. The Balaban J connectivity index is 1.53. The first kappa shape index (κ1) is 24.2. The molecule has 0 saturated carbocycles. The van der Waals surface area contributed by atoms with Gasteiger partial charge in [0.25, 0.3) is 5.91 Å².